The smallest absolute Gasteiger partial charge is 0.0866 e. The fourth-order valence-corrected chi connectivity index (χ4v) is 0.692. The zero-order valence-corrected chi connectivity index (χ0v) is 6.82. The van der Waals surface area contributed by atoms with E-state index < -0.39 is 0 Å². The third kappa shape index (κ3) is 3.59. The molecule has 0 nitrogen and oxygen atoms in total. The summed E-state index contributed by atoms with van der Waals surface area (Å²) in [5, 5.41) is 0.552. The largest absolute Gasteiger partial charge is 0.121 e. The van der Waals surface area contributed by atoms with E-state index in [1.54, 1.807) is 0 Å². The van der Waals surface area contributed by atoms with Gasteiger partial charge in [0.2, 0.25) is 0 Å². The molecule has 0 N–H and O–H groups in total. The Morgan fingerprint density at radius 2 is 1.75 bits per heavy atom. The van der Waals surface area contributed by atoms with Gasteiger partial charge in [0.1, 0.15) is 4.49 Å². The Labute approximate surface area is 64.4 Å². The first-order valence-corrected chi connectivity index (χ1v) is 3.51. The van der Waals surface area contributed by atoms with E-state index in [0.717, 1.165) is 12.8 Å². The van der Waals surface area contributed by atoms with Gasteiger partial charge in [-0.05, 0) is 6.42 Å². The van der Waals surface area contributed by atoms with Crippen LogP contribution in [0.2, 0.25) is 0 Å². The van der Waals surface area contributed by atoms with E-state index in [-0.39, 0.29) is 4.49 Å². The van der Waals surface area contributed by atoms with Gasteiger partial charge in [0.15, 0.2) is 0 Å². The molecule has 0 aromatic carbocycles. The summed E-state index contributed by atoms with van der Waals surface area (Å²) in [5.41, 5.74) is 0. The maximum absolute atomic E-state index is 5.53. The van der Waals surface area contributed by atoms with E-state index in [4.69, 9.17) is 34.8 Å². The first-order valence-electron chi connectivity index (χ1n) is 2.38. The van der Waals surface area contributed by atoms with Gasteiger partial charge in [0.25, 0.3) is 0 Å². The van der Waals surface area contributed by atoms with Crippen molar-refractivity contribution >= 4 is 34.8 Å². The maximum Gasteiger partial charge on any atom is 0.121 e. The van der Waals surface area contributed by atoms with Gasteiger partial charge in [-0.1, -0.05) is 48.1 Å². The van der Waals surface area contributed by atoms with Crippen LogP contribution in [0.5, 0.6) is 0 Å². The van der Waals surface area contributed by atoms with E-state index in [1.807, 2.05) is 6.92 Å². The van der Waals surface area contributed by atoms with Gasteiger partial charge in [-0.15, -0.1) is 0 Å². The standard InChI is InChI=1S/C5H7Cl3/c1-2-3-4(6)5(7)8/h2-3H2,1H3. The average Bonchev–Trinajstić information content (AvgIpc) is 1.67. The van der Waals surface area contributed by atoms with Crippen LogP contribution in [-0.2, 0) is 0 Å². The van der Waals surface area contributed by atoms with E-state index in [1.165, 1.54) is 0 Å². The highest BCUT2D eigenvalue weighted by atomic mass is 35.5. The van der Waals surface area contributed by atoms with Gasteiger partial charge in [-0.2, -0.15) is 0 Å². The van der Waals surface area contributed by atoms with Crippen molar-refractivity contribution in [3.8, 4) is 0 Å². The lowest BCUT2D eigenvalue weighted by Crippen LogP contribution is -1.69. The lowest BCUT2D eigenvalue weighted by atomic mass is 10.3. The summed E-state index contributed by atoms with van der Waals surface area (Å²) in [4.78, 5) is 0. The Balaban J connectivity index is 3.62. The SMILES string of the molecule is CCCC(Cl)=C(Cl)Cl. The normalized spacial score (nSPS) is 9.00. The van der Waals surface area contributed by atoms with E-state index in [2.05, 4.69) is 0 Å². The molecule has 8 heavy (non-hydrogen) atoms. The summed E-state index contributed by atoms with van der Waals surface area (Å²) in [6.07, 6.45) is 1.74. The molecule has 0 aromatic heterocycles. The summed E-state index contributed by atoms with van der Waals surface area (Å²) in [7, 11) is 0. The van der Waals surface area contributed by atoms with Crippen LogP contribution >= 0.6 is 34.8 Å². The summed E-state index contributed by atoms with van der Waals surface area (Å²) in [5.74, 6) is 0. The Bertz CT molecular complexity index is 91.8. The first kappa shape index (κ1) is 8.61. The Hall–Kier alpha value is 0.610. The minimum Gasteiger partial charge on any atom is -0.0866 e. The topological polar surface area (TPSA) is 0 Å². The Kier molecular flexibility index (Phi) is 4.83. The number of hydrogen-bond acceptors (Lipinski definition) is 0. The van der Waals surface area contributed by atoms with Gasteiger partial charge in [0, 0.05) is 5.03 Å². The predicted octanol–water partition coefficient (Wildman–Crippen LogP) is 3.67. The highest BCUT2D eigenvalue weighted by Crippen LogP contribution is 2.21. The third-order valence-corrected chi connectivity index (χ3v) is 1.70. The zero-order valence-electron chi connectivity index (χ0n) is 4.55. The number of halogens is 3. The molecule has 0 saturated heterocycles. The van der Waals surface area contributed by atoms with Gasteiger partial charge >= 0.3 is 0 Å². The molecule has 0 spiro atoms. The first-order chi connectivity index (χ1) is 3.68. The third-order valence-electron chi connectivity index (χ3n) is 0.675. The van der Waals surface area contributed by atoms with Gasteiger partial charge < -0.3 is 0 Å². The second-order valence-electron chi connectivity index (χ2n) is 1.42. The summed E-state index contributed by atoms with van der Waals surface area (Å²) >= 11 is 16.2. The lowest BCUT2D eigenvalue weighted by molar-refractivity contribution is 0.945. The van der Waals surface area contributed by atoms with Crippen LogP contribution in [0.15, 0.2) is 9.52 Å². The summed E-state index contributed by atoms with van der Waals surface area (Å²) < 4.78 is 0.188. The molecule has 48 valence electrons. The minimum atomic E-state index is 0.188. The maximum atomic E-state index is 5.53. The molecule has 0 fully saturated rings. The highest BCUT2D eigenvalue weighted by molar-refractivity contribution is 6.59. The van der Waals surface area contributed by atoms with Crippen molar-refractivity contribution in [2.24, 2.45) is 0 Å². The molecule has 0 amide bonds. The molecule has 0 rings (SSSR count). The molecule has 0 aromatic rings. The number of allylic oxidation sites excluding steroid dienone is 1. The Morgan fingerprint density at radius 1 is 1.25 bits per heavy atom. The quantitative estimate of drug-likeness (QED) is 0.598. The van der Waals surface area contributed by atoms with Gasteiger partial charge in [0.05, 0.1) is 0 Å². The van der Waals surface area contributed by atoms with Crippen LogP contribution in [0.25, 0.3) is 0 Å². The lowest BCUT2D eigenvalue weighted by Gasteiger charge is -1.91. The molecule has 0 aliphatic heterocycles. The minimum absolute atomic E-state index is 0.188. The predicted molar refractivity (Wildman–Crippen MR) is 39.5 cm³/mol. The van der Waals surface area contributed by atoms with Crippen LogP contribution in [0.4, 0.5) is 0 Å². The molecule has 0 heterocycles. The summed E-state index contributed by atoms with van der Waals surface area (Å²) in [6, 6.07) is 0. The molecule has 0 saturated carbocycles. The van der Waals surface area contributed by atoms with Crippen molar-refractivity contribution in [2.45, 2.75) is 19.8 Å². The molecule has 0 aliphatic carbocycles. The van der Waals surface area contributed by atoms with Crippen molar-refractivity contribution in [3.05, 3.63) is 9.52 Å². The van der Waals surface area contributed by atoms with E-state index >= 15 is 0 Å². The average molecular weight is 173 g/mol. The summed E-state index contributed by atoms with van der Waals surface area (Å²) in [6.45, 7) is 2.01. The van der Waals surface area contributed by atoms with Crippen LogP contribution in [0.3, 0.4) is 0 Å². The second kappa shape index (κ2) is 4.49. The molecule has 0 radical (unpaired) electrons. The van der Waals surface area contributed by atoms with Gasteiger partial charge in [-0.25, -0.2) is 0 Å². The number of hydrogen-bond donors (Lipinski definition) is 0. The zero-order chi connectivity index (χ0) is 6.57. The monoisotopic (exact) mass is 172 g/mol. The van der Waals surface area contributed by atoms with Crippen LogP contribution in [-0.4, -0.2) is 0 Å². The van der Waals surface area contributed by atoms with Crippen molar-refractivity contribution in [1.29, 1.82) is 0 Å². The fraction of sp³-hybridized carbons (Fsp3) is 0.600. The highest BCUT2D eigenvalue weighted by Gasteiger charge is 1.94. The molecule has 0 aliphatic rings. The molecule has 3 heteroatoms. The Morgan fingerprint density at radius 3 is 1.88 bits per heavy atom. The number of rotatable bonds is 2. The fourth-order valence-electron chi connectivity index (χ4n) is 0.314. The van der Waals surface area contributed by atoms with Crippen molar-refractivity contribution in [2.75, 3.05) is 0 Å². The molecule has 0 atom stereocenters. The molecular formula is C5H7Cl3. The van der Waals surface area contributed by atoms with E-state index in [9.17, 15) is 0 Å². The second-order valence-corrected chi connectivity index (χ2v) is 2.82. The van der Waals surface area contributed by atoms with Crippen molar-refractivity contribution in [3.63, 3.8) is 0 Å². The van der Waals surface area contributed by atoms with Crippen LogP contribution < -0.4 is 0 Å². The van der Waals surface area contributed by atoms with Crippen molar-refractivity contribution < 1.29 is 0 Å². The molecule has 0 bridgehead atoms. The van der Waals surface area contributed by atoms with Gasteiger partial charge in [-0.3, -0.25) is 0 Å². The molecule has 0 unspecified atom stereocenters. The molecular weight excluding hydrogens is 166 g/mol. The van der Waals surface area contributed by atoms with E-state index in [0.29, 0.717) is 5.03 Å². The van der Waals surface area contributed by atoms with Crippen LogP contribution in [0, 0.1) is 0 Å². The van der Waals surface area contributed by atoms with Crippen LogP contribution in [0.1, 0.15) is 19.8 Å². The van der Waals surface area contributed by atoms with Crippen molar-refractivity contribution in [1.82, 2.24) is 0 Å².